The van der Waals surface area contributed by atoms with Crippen molar-refractivity contribution >= 4 is 32.6 Å². The van der Waals surface area contributed by atoms with Gasteiger partial charge in [-0.3, -0.25) is 0 Å². The molecule has 0 radical (unpaired) electrons. The van der Waals surface area contributed by atoms with E-state index in [2.05, 4.69) is 0 Å². The van der Waals surface area contributed by atoms with Gasteiger partial charge in [-0.2, -0.15) is 4.31 Å². The van der Waals surface area contributed by atoms with Crippen molar-refractivity contribution in [3.63, 3.8) is 0 Å². The molecule has 19 heavy (non-hydrogen) atoms. The minimum absolute atomic E-state index is 0.0245. The SMILES string of the molecule is C[C@@H]1SCCN1S(=O)(=O)c1ccc2ccccc2c1. The quantitative estimate of drug-likeness (QED) is 0.854. The number of thioether (sulfide) groups is 1. The van der Waals surface area contributed by atoms with Crippen LogP contribution in [0.3, 0.4) is 0 Å². The van der Waals surface area contributed by atoms with Gasteiger partial charge >= 0.3 is 0 Å². The molecule has 2 aromatic rings. The Kier molecular flexibility index (Phi) is 3.28. The second-order valence-corrected chi connectivity index (χ2v) is 7.91. The van der Waals surface area contributed by atoms with Crippen LogP contribution in [0, 0.1) is 0 Å². The topological polar surface area (TPSA) is 37.4 Å². The Morgan fingerprint density at radius 1 is 1.16 bits per heavy atom. The van der Waals surface area contributed by atoms with E-state index in [4.69, 9.17) is 0 Å². The van der Waals surface area contributed by atoms with Crippen LogP contribution in [-0.4, -0.2) is 30.4 Å². The van der Waals surface area contributed by atoms with Gasteiger partial charge in [-0.25, -0.2) is 8.42 Å². The van der Waals surface area contributed by atoms with Gasteiger partial charge in [0.15, 0.2) is 0 Å². The van der Waals surface area contributed by atoms with E-state index in [0.29, 0.717) is 11.4 Å². The van der Waals surface area contributed by atoms with E-state index in [0.717, 1.165) is 16.5 Å². The standard InChI is InChI=1S/C14H15NO2S2/c1-11-15(8-9-18-11)19(16,17)14-7-6-12-4-2-3-5-13(12)10-14/h2-7,10-11H,8-9H2,1H3/t11-/m0/s1. The molecule has 1 atom stereocenters. The summed E-state index contributed by atoms with van der Waals surface area (Å²) in [6.07, 6.45) is 0. The molecule has 0 aromatic heterocycles. The fourth-order valence-corrected chi connectivity index (χ4v) is 5.42. The fraction of sp³-hybridized carbons (Fsp3) is 0.286. The van der Waals surface area contributed by atoms with Crippen molar-refractivity contribution in [2.45, 2.75) is 17.2 Å². The monoisotopic (exact) mass is 293 g/mol. The van der Waals surface area contributed by atoms with Gasteiger partial charge in [0.25, 0.3) is 0 Å². The number of fused-ring (bicyclic) bond motifs is 1. The van der Waals surface area contributed by atoms with Crippen LogP contribution < -0.4 is 0 Å². The van der Waals surface area contributed by atoms with Gasteiger partial charge in [0.2, 0.25) is 10.0 Å². The van der Waals surface area contributed by atoms with Crippen LogP contribution in [0.1, 0.15) is 6.92 Å². The Morgan fingerprint density at radius 2 is 1.89 bits per heavy atom. The Balaban J connectivity index is 2.08. The molecular weight excluding hydrogens is 278 g/mol. The lowest BCUT2D eigenvalue weighted by Gasteiger charge is -2.20. The van der Waals surface area contributed by atoms with E-state index in [1.165, 1.54) is 0 Å². The maximum atomic E-state index is 12.6. The third-order valence-electron chi connectivity index (χ3n) is 3.40. The van der Waals surface area contributed by atoms with Gasteiger partial charge < -0.3 is 0 Å². The number of nitrogens with zero attached hydrogens (tertiary/aromatic N) is 1. The molecule has 1 aliphatic rings. The van der Waals surface area contributed by atoms with E-state index in [9.17, 15) is 8.42 Å². The lowest BCUT2D eigenvalue weighted by atomic mass is 10.1. The first-order valence-electron chi connectivity index (χ1n) is 6.21. The second kappa shape index (κ2) is 4.81. The summed E-state index contributed by atoms with van der Waals surface area (Å²) in [7, 11) is -3.37. The van der Waals surface area contributed by atoms with E-state index in [1.54, 1.807) is 28.2 Å². The molecule has 0 aliphatic carbocycles. The van der Waals surface area contributed by atoms with Crippen LogP contribution in [0.25, 0.3) is 10.8 Å². The molecule has 1 fully saturated rings. The molecule has 1 saturated heterocycles. The van der Waals surface area contributed by atoms with Crippen molar-refractivity contribution in [1.29, 1.82) is 0 Å². The third-order valence-corrected chi connectivity index (χ3v) is 6.66. The van der Waals surface area contributed by atoms with Crippen LogP contribution in [0.5, 0.6) is 0 Å². The Hall–Kier alpha value is -1.04. The average Bonchev–Trinajstić information content (AvgIpc) is 2.85. The van der Waals surface area contributed by atoms with Crippen LogP contribution in [0.15, 0.2) is 47.4 Å². The molecule has 0 unspecified atom stereocenters. The molecule has 3 nitrogen and oxygen atoms in total. The largest absolute Gasteiger partial charge is 0.244 e. The lowest BCUT2D eigenvalue weighted by molar-refractivity contribution is 0.442. The van der Waals surface area contributed by atoms with E-state index in [-0.39, 0.29) is 5.37 Å². The highest BCUT2D eigenvalue weighted by molar-refractivity contribution is 8.01. The van der Waals surface area contributed by atoms with Crippen molar-refractivity contribution in [1.82, 2.24) is 4.31 Å². The zero-order chi connectivity index (χ0) is 13.5. The molecule has 5 heteroatoms. The molecule has 2 aromatic carbocycles. The van der Waals surface area contributed by atoms with Crippen molar-refractivity contribution in [2.24, 2.45) is 0 Å². The summed E-state index contributed by atoms with van der Waals surface area (Å²) in [5.74, 6) is 0.869. The molecule has 0 saturated carbocycles. The van der Waals surface area contributed by atoms with E-state index in [1.807, 2.05) is 37.3 Å². The molecule has 1 heterocycles. The molecule has 0 amide bonds. The first-order chi connectivity index (χ1) is 9.09. The Labute approximate surface area is 117 Å². The molecule has 0 N–H and O–H groups in total. The van der Waals surface area contributed by atoms with Crippen molar-refractivity contribution in [3.05, 3.63) is 42.5 Å². The minimum atomic E-state index is -3.37. The summed E-state index contributed by atoms with van der Waals surface area (Å²) >= 11 is 1.68. The van der Waals surface area contributed by atoms with Gasteiger partial charge in [0.1, 0.15) is 0 Å². The number of rotatable bonds is 2. The fourth-order valence-electron chi connectivity index (χ4n) is 2.36. The zero-order valence-electron chi connectivity index (χ0n) is 10.6. The van der Waals surface area contributed by atoms with Gasteiger partial charge in [-0.05, 0) is 29.8 Å². The number of benzene rings is 2. The highest BCUT2D eigenvalue weighted by Gasteiger charge is 2.33. The van der Waals surface area contributed by atoms with Gasteiger partial charge in [0.05, 0.1) is 10.3 Å². The zero-order valence-corrected chi connectivity index (χ0v) is 12.2. The highest BCUT2D eigenvalue weighted by atomic mass is 32.2. The molecule has 3 rings (SSSR count). The normalized spacial score (nSPS) is 21.0. The van der Waals surface area contributed by atoms with E-state index < -0.39 is 10.0 Å². The van der Waals surface area contributed by atoms with Gasteiger partial charge in [-0.15, -0.1) is 11.8 Å². The van der Waals surface area contributed by atoms with Crippen LogP contribution >= 0.6 is 11.8 Å². The Bertz CT molecular complexity index is 712. The maximum absolute atomic E-state index is 12.6. The van der Waals surface area contributed by atoms with Crippen LogP contribution in [0.4, 0.5) is 0 Å². The molecule has 100 valence electrons. The van der Waals surface area contributed by atoms with Crippen molar-refractivity contribution in [2.75, 3.05) is 12.3 Å². The number of hydrogen-bond donors (Lipinski definition) is 0. The predicted octanol–water partition coefficient (Wildman–Crippen LogP) is 2.92. The van der Waals surface area contributed by atoms with Crippen molar-refractivity contribution in [3.8, 4) is 0 Å². The summed E-state index contributed by atoms with van der Waals surface area (Å²) in [5.41, 5.74) is 0. The number of hydrogen-bond acceptors (Lipinski definition) is 3. The summed E-state index contributed by atoms with van der Waals surface area (Å²) in [5, 5.41) is 2.05. The maximum Gasteiger partial charge on any atom is 0.244 e. The first-order valence-corrected chi connectivity index (χ1v) is 8.70. The molecule has 0 bridgehead atoms. The molecule has 0 spiro atoms. The smallest absolute Gasteiger partial charge is 0.207 e. The minimum Gasteiger partial charge on any atom is -0.207 e. The van der Waals surface area contributed by atoms with E-state index >= 15 is 0 Å². The van der Waals surface area contributed by atoms with Gasteiger partial charge in [0, 0.05) is 12.3 Å². The summed E-state index contributed by atoms with van der Waals surface area (Å²) < 4.78 is 26.8. The van der Waals surface area contributed by atoms with Crippen LogP contribution in [-0.2, 0) is 10.0 Å². The Morgan fingerprint density at radius 3 is 2.58 bits per heavy atom. The summed E-state index contributed by atoms with van der Waals surface area (Å²) in [4.78, 5) is 0.389. The summed E-state index contributed by atoms with van der Waals surface area (Å²) in [6, 6.07) is 13.1. The highest BCUT2D eigenvalue weighted by Crippen LogP contribution is 2.30. The molecular formula is C14H15NO2S2. The van der Waals surface area contributed by atoms with Crippen LogP contribution in [0.2, 0.25) is 0 Å². The van der Waals surface area contributed by atoms with Crippen molar-refractivity contribution < 1.29 is 8.42 Å². The lowest BCUT2D eigenvalue weighted by Crippen LogP contribution is -2.33. The predicted molar refractivity (Wildman–Crippen MR) is 79.8 cm³/mol. The summed E-state index contributed by atoms with van der Waals surface area (Å²) in [6.45, 7) is 2.54. The average molecular weight is 293 g/mol. The van der Waals surface area contributed by atoms with Gasteiger partial charge in [-0.1, -0.05) is 30.3 Å². The first kappa shape index (κ1) is 13.0. The molecule has 1 aliphatic heterocycles. The third kappa shape index (κ3) is 2.26. The number of sulfonamides is 1. The second-order valence-electron chi connectivity index (χ2n) is 4.59.